The standard InChI is InChI=1S/C10H7F3N2OS/c1-5-2-3-17-8(5)6-4-7(10(11,12)13)15-9(16)14-6/h2-4H,1H3,(H,14,15,16). The summed E-state index contributed by atoms with van der Waals surface area (Å²) in [6.45, 7) is 1.75. The molecule has 2 heterocycles. The van der Waals surface area contributed by atoms with Gasteiger partial charge < -0.3 is 4.98 Å². The van der Waals surface area contributed by atoms with Crippen LogP contribution in [0.1, 0.15) is 11.3 Å². The van der Waals surface area contributed by atoms with Crippen molar-refractivity contribution in [2.24, 2.45) is 0 Å². The summed E-state index contributed by atoms with van der Waals surface area (Å²) < 4.78 is 37.5. The van der Waals surface area contributed by atoms with Crippen LogP contribution in [0.15, 0.2) is 22.3 Å². The molecule has 0 spiro atoms. The number of hydrogen-bond acceptors (Lipinski definition) is 3. The van der Waals surface area contributed by atoms with Crippen molar-refractivity contribution >= 4 is 11.3 Å². The maximum absolute atomic E-state index is 12.5. The van der Waals surface area contributed by atoms with Gasteiger partial charge in [-0.25, -0.2) is 4.79 Å². The number of nitrogens with one attached hydrogen (secondary N) is 1. The molecule has 2 aromatic rings. The second-order valence-corrected chi connectivity index (χ2v) is 4.33. The molecule has 3 nitrogen and oxygen atoms in total. The topological polar surface area (TPSA) is 45.8 Å². The Bertz CT molecular complexity index is 600. The van der Waals surface area contributed by atoms with E-state index in [2.05, 4.69) is 4.98 Å². The SMILES string of the molecule is Cc1ccsc1-c1cc(C(F)(F)F)[nH]c(=O)n1. The number of H-pyrrole nitrogens is 1. The van der Waals surface area contributed by atoms with Gasteiger partial charge >= 0.3 is 11.9 Å². The molecule has 90 valence electrons. The summed E-state index contributed by atoms with van der Waals surface area (Å²) in [5.41, 5.74) is -1.24. The first-order valence-corrected chi connectivity index (χ1v) is 5.49. The molecule has 0 saturated carbocycles. The Kier molecular flexibility index (Phi) is 2.78. The Morgan fingerprint density at radius 2 is 2.12 bits per heavy atom. The Hall–Kier alpha value is -1.63. The van der Waals surface area contributed by atoms with Crippen LogP contribution in [-0.4, -0.2) is 9.97 Å². The van der Waals surface area contributed by atoms with Crippen LogP contribution >= 0.6 is 11.3 Å². The Labute approximate surface area is 98.0 Å². The van der Waals surface area contributed by atoms with E-state index in [0.717, 1.165) is 11.6 Å². The van der Waals surface area contributed by atoms with Crippen LogP contribution in [0.5, 0.6) is 0 Å². The van der Waals surface area contributed by atoms with Crippen molar-refractivity contribution in [2.45, 2.75) is 13.1 Å². The fourth-order valence-electron chi connectivity index (χ4n) is 1.36. The third-order valence-corrected chi connectivity index (χ3v) is 3.18. The number of halogens is 3. The maximum Gasteiger partial charge on any atom is 0.431 e. The largest absolute Gasteiger partial charge is 0.431 e. The summed E-state index contributed by atoms with van der Waals surface area (Å²) in [5.74, 6) is 0. The molecule has 0 amide bonds. The number of thiophene rings is 1. The van der Waals surface area contributed by atoms with Crippen molar-refractivity contribution < 1.29 is 13.2 Å². The first-order valence-electron chi connectivity index (χ1n) is 4.61. The molecule has 0 fully saturated rings. The highest BCUT2D eigenvalue weighted by atomic mass is 32.1. The lowest BCUT2D eigenvalue weighted by Gasteiger charge is -2.07. The minimum atomic E-state index is -4.58. The third-order valence-electron chi connectivity index (χ3n) is 2.14. The second kappa shape index (κ2) is 3.99. The van der Waals surface area contributed by atoms with Gasteiger partial charge in [-0.15, -0.1) is 11.3 Å². The molecule has 2 aromatic heterocycles. The van der Waals surface area contributed by atoms with Gasteiger partial charge in [-0.1, -0.05) is 0 Å². The average molecular weight is 260 g/mol. The minimum absolute atomic E-state index is 0.0496. The van der Waals surface area contributed by atoms with Gasteiger partial charge in [0.05, 0.1) is 10.6 Å². The molecule has 0 aliphatic carbocycles. The Morgan fingerprint density at radius 1 is 1.41 bits per heavy atom. The highest BCUT2D eigenvalue weighted by molar-refractivity contribution is 7.13. The number of rotatable bonds is 1. The highest BCUT2D eigenvalue weighted by Crippen LogP contribution is 2.31. The fourth-order valence-corrected chi connectivity index (χ4v) is 2.25. The second-order valence-electron chi connectivity index (χ2n) is 3.42. The maximum atomic E-state index is 12.5. The number of nitrogens with zero attached hydrogens (tertiary/aromatic N) is 1. The minimum Gasteiger partial charge on any atom is -0.302 e. The molecule has 7 heteroatoms. The highest BCUT2D eigenvalue weighted by Gasteiger charge is 2.32. The van der Waals surface area contributed by atoms with Gasteiger partial charge in [-0.3, -0.25) is 0 Å². The van der Waals surface area contributed by atoms with E-state index in [1.165, 1.54) is 11.3 Å². The molecule has 0 aliphatic heterocycles. The quantitative estimate of drug-likeness (QED) is 0.857. The zero-order valence-electron chi connectivity index (χ0n) is 8.63. The van der Waals surface area contributed by atoms with Crippen LogP contribution in [-0.2, 0) is 6.18 Å². The van der Waals surface area contributed by atoms with Crippen LogP contribution in [0.3, 0.4) is 0 Å². The van der Waals surface area contributed by atoms with Crippen molar-refractivity contribution in [2.75, 3.05) is 0 Å². The zero-order valence-corrected chi connectivity index (χ0v) is 9.45. The van der Waals surface area contributed by atoms with Gasteiger partial charge in [-0.05, 0) is 30.0 Å². The van der Waals surface area contributed by atoms with E-state index >= 15 is 0 Å². The van der Waals surface area contributed by atoms with E-state index in [9.17, 15) is 18.0 Å². The van der Waals surface area contributed by atoms with Crippen LogP contribution < -0.4 is 5.69 Å². The summed E-state index contributed by atoms with van der Waals surface area (Å²) in [6, 6.07) is 2.61. The van der Waals surface area contributed by atoms with E-state index in [4.69, 9.17) is 0 Å². The molecular weight excluding hydrogens is 253 g/mol. The summed E-state index contributed by atoms with van der Waals surface area (Å²) in [6.07, 6.45) is -4.58. The van der Waals surface area contributed by atoms with Crippen molar-refractivity contribution in [3.05, 3.63) is 39.3 Å². The lowest BCUT2D eigenvalue weighted by Crippen LogP contribution is -2.19. The predicted molar refractivity (Wildman–Crippen MR) is 57.9 cm³/mol. The Balaban J connectivity index is 2.61. The molecular formula is C10H7F3N2OS. The normalized spacial score (nSPS) is 11.8. The summed E-state index contributed by atoms with van der Waals surface area (Å²) in [5, 5.41) is 1.74. The monoisotopic (exact) mass is 260 g/mol. The third kappa shape index (κ3) is 2.38. The molecule has 0 aliphatic rings. The summed E-state index contributed by atoms with van der Waals surface area (Å²) in [4.78, 5) is 16.9. The lowest BCUT2D eigenvalue weighted by molar-refractivity contribution is -0.141. The molecule has 1 N–H and O–H groups in total. The predicted octanol–water partition coefficient (Wildman–Crippen LogP) is 2.83. The van der Waals surface area contributed by atoms with Crippen molar-refractivity contribution in [1.29, 1.82) is 0 Å². The van der Waals surface area contributed by atoms with Gasteiger partial charge in [0.25, 0.3) is 0 Å². The molecule has 2 rings (SSSR count). The molecule has 0 saturated heterocycles. The van der Waals surface area contributed by atoms with Gasteiger partial charge in [0, 0.05) is 0 Å². The zero-order chi connectivity index (χ0) is 12.6. The first-order chi connectivity index (χ1) is 7.88. The first kappa shape index (κ1) is 11.8. The lowest BCUT2D eigenvalue weighted by atomic mass is 10.2. The van der Waals surface area contributed by atoms with Crippen molar-refractivity contribution in [3.63, 3.8) is 0 Å². The molecule has 17 heavy (non-hydrogen) atoms. The van der Waals surface area contributed by atoms with Gasteiger partial charge in [0.1, 0.15) is 5.69 Å². The summed E-state index contributed by atoms with van der Waals surface area (Å²) in [7, 11) is 0. The smallest absolute Gasteiger partial charge is 0.302 e. The average Bonchev–Trinajstić information content (AvgIpc) is 2.62. The molecule has 0 unspecified atom stereocenters. The van der Waals surface area contributed by atoms with Gasteiger partial charge in [-0.2, -0.15) is 18.2 Å². The van der Waals surface area contributed by atoms with Crippen LogP contribution in [0.4, 0.5) is 13.2 Å². The molecule has 0 bridgehead atoms. The van der Waals surface area contributed by atoms with E-state index < -0.39 is 17.6 Å². The van der Waals surface area contributed by atoms with E-state index in [0.29, 0.717) is 4.88 Å². The van der Waals surface area contributed by atoms with Gasteiger partial charge in [0.15, 0.2) is 0 Å². The van der Waals surface area contributed by atoms with E-state index in [1.54, 1.807) is 23.4 Å². The van der Waals surface area contributed by atoms with Crippen LogP contribution in [0.2, 0.25) is 0 Å². The van der Waals surface area contributed by atoms with Crippen molar-refractivity contribution in [1.82, 2.24) is 9.97 Å². The molecule has 0 aromatic carbocycles. The molecule has 0 radical (unpaired) electrons. The fraction of sp³-hybridized carbons (Fsp3) is 0.200. The van der Waals surface area contributed by atoms with Crippen LogP contribution in [0.25, 0.3) is 10.6 Å². The number of aromatic amines is 1. The van der Waals surface area contributed by atoms with Gasteiger partial charge in [0.2, 0.25) is 0 Å². The number of aryl methyl sites for hydroxylation is 1. The number of aromatic nitrogens is 2. The summed E-state index contributed by atoms with van der Waals surface area (Å²) >= 11 is 1.25. The Morgan fingerprint density at radius 3 is 2.65 bits per heavy atom. The number of hydrogen-bond donors (Lipinski definition) is 1. The van der Waals surface area contributed by atoms with Crippen molar-refractivity contribution in [3.8, 4) is 10.6 Å². The van der Waals surface area contributed by atoms with E-state index in [1.807, 2.05) is 0 Å². The van der Waals surface area contributed by atoms with E-state index in [-0.39, 0.29) is 5.69 Å². The van der Waals surface area contributed by atoms with Crippen LogP contribution in [0, 0.1) is 6.92 Å². The molecule has 0 atom stereocenters. The number of alkyl halides is 3.